The van der Waals surface area contributed by atoms with Gasteiger partial charge in [-0.2, -0.15) is 10.0 Å². The van der Waals surface area contributed by atoms with Crippen molar-refractivity contribution in [1.29, 1.82) is 0 Å². The molecule has 0 radical (unpaired) electrons. The number of hydrogen-bond donors (Lipinski definition) is 0. The van der Waals surface area contributed by atoms with Crippen LogP contribution in [0.5, 0.6) is 0 Å². The van der Waals surface area contributed by atoms with Crippen LogP contribution < -0.4 is 0 Å². The van der Waals surface area contributed by atoms with Gasteiger partial charge in [0.2, 0.25) is 0 Å². The average Bonchev–Trinajstić information content (AvgIpc) is 2.49. The Morgan fingerprint density at radius 2 is 1.50 bits per heavy atom. The fourth-order valence-electron chi connectivity index (χ4n) is 2.53. The predicted molar refractivity (Wildman–Crippen MR) is 72.6 cm³/mol. The Labute approximate surface area is 98.6 Å². The summed E-state index contributed by atoms with van der Waals surface area (Å²) in [6.45, 7) is 2.18. The Balaban J connectivity index is 2.39. The van der Waals surface area contributed by atoms with Gasteiger partial charge in [-0.3, -0.25) is 0 Å². The average molecular weight is 228 g/mol. The van der Waals surface area contributed by atoms with Crippen LogP contribution in [-0.2, 0) is 0 Å². The zero-order valence-electron chi connectivity index (χ0n) is 9.95. The molecule has 0 aliphatic carbocycles. The maximum atomic E-state index is 2.40. The third kappa shape index (κ3) is 1.18. The fraction of sp³-hybridized carbons (Fsp3) is 0.200. The molecule has 0 saturated heterocycles. The highest BCUT2D eigenvalue weighted by Gasteiger charge is 2.30. The highest BCUT2D eigenvalue weighted by Crippen LogP contribution is 2.67. The summed E-state index contributed by atoms with van der Waals surface area (Å²) < 4.78 is 0. The van der Waals surface area contributed by atoms with Gasteiger partial charge in [0.15, 0.2) is 0 Å². The standard InChI is InChI=1S/C15H16S/c1-11-8-9-13-12-6-4-5-7-14(12)16(2,3)15(13)10-11/h4-10H,1-3H3. The predicted octanol–water partition coefficient (Wildman–Crippen LogP) is 4.46. The molecule has 1 aliphatic heterocycles. The van der Waals surface area contributed by atoms with Crippen molar-refractivity contribution in [3.63, 3.8) is 0 Å². The van der Waals surface area contributed by atoms with Gasteiger partial charge in [-0.05, 0) is 42.7 Å². The second kappa shape index (κ2) is 3.14. The van der Waals surface area contributed by atoms with Crippen LogP contribution in [0, 0.1) is 6.92 Å². The monoisotopic (exact) mass is 228 g/mol. The largest absolute Gasteiger partial charge is 0.192 e. The van der Waals surface area contributed by atoms with Gasteiger partial charge in [-0.15, -0.1) is 0 Å². The first kappa shape index (κ1) is 9.98. The fourth-order valence-corrected chi connectivity index (χ4v) is 5.12. The highest BCUT2D eigenvalue weighted by molar-refractivity contribution is 8.33. The van der Waals surface area contributed by atoms with Gasteiger partial charge in [0.1, 0.15) is 0 Å². The first-order valence-electron chi connectivity index (χ1n) is 5.54. The molecule has 0 saturated carbocycles. The molecule has 0 nitrogen and oxygen atoms in total. The highest BCUT2D eigenvalue weighted by atomic mass is 32.3. The van der Waals surface area contributed by atoms with Crippen molar-refractivity contribution in [2.75, 3.05) is 12.5 Å². The number of benzene rings is 2. The molecule has 0 N–H and O–H groups in total. The van der Waals surface area contributed by atoms with Gasteiger partial charge in [0.25, 0.3) is 0 Å². The molecule has 1 heteroatoms. The summed E-state index contributed by atoms with van der Waals surface area (Å²) in [5, 5.41) is 0. The molecule has 2 aromatic carbocycles. The number of aryl methyl sites for hydroxylation is 1. The minimum atomic E-state index is -0.787. The van der Waals surface area contributed by atoms with E-state index < -0.39 is 10.0 Å². The number of rotatable bonds is 0. The summed E-state index contributed by atoms with van der Waals surface area (Å²) in [5.41, 5.74) is 4.26. The molecule has 0 spiro atoms. The van der Waals surface area contributed by atoms with Crippen LogP contribution in [0.25, 0.3) is 11.1 Å². The zero-order valence-corrected chi connectivity index (χ0v) is 10.8. The van der Waals surface area contributed by atoms with E-state index in [0.717, 1.165) is 0 Å². The maximum Gasteiger partial charge on any atom is 0.00180 e. The molecular formula is C15H16S. The smallest absolute Gasteiger partial charge is 0.00180 e. The van der Waals surface area contributed by atoms with Crippen molar-refractivity contribution in [2.24, 2.45) is 0 Å². The summed E-state index contributed by atoms with van der Waals surface area (Å²) in [5.74, 6) is 0. The van der Waals surface area contributed by atoms with E-state index in [1.807, 2.05) is 0 Å². The van der Waals surface area contributed by atoms with Crippen LogP contribution in [0.1, 0.15) is 5.56 Å². The molecule has 1 aliphatic rings. The van der Waals surface area contributed by atoms with Gasteiger partial charge in [0, 0.05) is 9.79 Å². The van der Waals surface area contributed by atoms with E-state index in [1.54, 1.807) is 4.90 Å². The van der Waals surface area contributed by atoms with Crippen molar-refractivity contribution in [3.05, 3.63) is 48.0 Å². The van der Waals surface area contributed by atoms with E-state index in [0.29, 0.717) is 0 Å². The van der Waals surface area contributed by atoms with E-state index in [9.17, 15) is 0 Å². The normalized spacial score (nSPS) is 17.7. The third-order valence-corrected chi connectivity index (χ3v) is 6.31. The Kier molecular flexibility index (Phi) is 1.96. The van der Waals surface area contributed by atoms with Crippen LogP contribution in [0.4, 0.5) is 0 Å². The molecule has 3 rings (SSSR count). The lowest BCUT2D eigenvalue weighted by Crippen LogP contribution is -1.92. The van der Waals surface area contributed by atoms with E-state index in [2.05, 4.69) is 61.9 Å². The second-order valence-corrected chi connectivity index (χ2v) is 8.36. The van der Waals surface area contributed by atoms with Crippen LogP contribution in [0.2, 0.25) is 0 Å². The minimum absolute atomic E-state index is 0.787. The zero-order chi connectivity index (χ0) is 11.3. The quantitative estimate of drug-likeness (QED) is 0.624. The van der Waals surface area contributed by atoms with E-state index in [1.165, 1.54) is 21.6 Å². The molecule has 0 bridgehead atoms. The molecule has 2 aromatic rings. The van der Waals surface area contributed by atoms with E-state index >= 15 is 0 Å². The van der Waals surface area contributed by atoms with E-state index in [4.69, 9.17) is 0 Å². The Hall–Kier alpha value is -1.21. The minimum Gasteiger partial charge on any atom is -0.192 e. The SMILES string of the molecule is Cc1ccc2c(c1)S(C)(C)c1ccccc1-2. The van der Waals surface area contributed by atoms with E-state index in [-0.39, 0.29) is 0 Å². The lowest BCUT2D eigenvalue weighted by atomic mass is 10.0. The van der Waals surface area contributed by atoms with Crippen LogP contribution in [0.3, 0.4) is 0 Å². The molecule has 82 valence electrons. The molecule has 0 fully saturated rings. The van der Waals surface area contributed by atoms with Crippen molar-refractivity contribution in [3.8, 4) is 11.1 Å². The molecule has 0 aromatic heterocycles. The molecule has 0 amide bonds. The number of fused-ring (bicyclic) bond motifs is 3. The summed E-state index contributed by atoms with van der Waals surface area (Å²) in [4.78, 5) is 3.09. The number of hydrogen-bond acceptors (Lipinski definition) is 0. The van der Waals surface area contributed by atoms with Crippen molar-refractivity contribution in [1.82, 2.24) is 0 Å². The van der Waals surface area contributed by atoms with Gasteiger partial charge < -0.3 is 0 Å². The van der Waals surface area contributed by atoms with Crippen LogP contribution in [0.15, 0.2) is 52.3 Å². The Morgan fingerprint density at radius 1 is 0.812 bits per heavy atom. The van der Waals surface area contributed by atoms with Crippen LogP contribution in [-0.4, -0.2) is 12.5 Å². The molecule has 0 unspecified atom stereocenters. The van der Waals surface area contributed by atoms with Gasteiger partial charge in [-0.25, -0.2) is 0 Å². The summed E-state index contributed by atoms with van der Waals surface area (Å²) in [7, 11) is -0.787. The molecular weight excluding hydrogens is 212 g/mol. The summed E-state index contributed by atoms with van der Waals surface area (Å²) >= 11 is 0. The molecule has 0 atom stereocenters. The van der Waals surface area contributed by atoms with Crippen LogP contribution >= 0.6 is 10.0 Å². The summed E-state index contributed by atoms with van der Waals surface area (Å²) in [6, 6.07) is 15.7. The van der Waals surface area contributed by atoms with Crippen molar-refractivity contribution in [2.45, 2.75) is 16.7 Å². The lowest BCUT2D eigenvalue weighted by Gasteiger charge is -2.28. The third-order valence-electron chi connectivity index (χ3n) is 3.41. The van der Waals surface area contributed by atoms with Gasteiger partial charge in [0.05, 0.1) is 0 Å². The van der Waals surface area contributed by atoms with Crippen molar-refractivity contribution < 1.29 is 0 Å². The topological polar surface area (TPSA) is 0 Å². The van der Waals surface area contributed by atoms with Gasteiger partial charge >= 0.3 is 0 Å². The first-order valence-corrected chi connectivity index (χ1v) is 7.99. The van der Waals surface area contributed by atoms with Gasteiger partial charge in [-0.1, -0.05) is 35.9 Å². The molecule has 1 heterocycles. The van der Waals surface area contributed by atoms with Crippen molar-refractivity contribution >= 4 is 10.0 Å². The maximum absolute atomic E-state index is 2.40. The summed E-state index contributed by atoms with van der Waals surface area (Å²) in [6.07, 6.45) is 4.80. The molecule has 16 heavy (non-hydrogen) atoms. The Bertz CT molecular complexity index is 567. The first-order chi connectivity index (χ1) is 7.60. The Morgan fingerprint density at radius 3 is 2.31 bits per heavy atom. The lowest BCUT2D eigenvalue weighted by molar-refractivity contribution is 1.36. The second-order valence-electron chi connectivity index (χ2n) is 4.82.